The lowest BCUT2D eigenvalue weighted by atomic mass is 9.95. The molecular weight excluding hydrogens is 324 g/mol. The van der Waals surface area contributed by atoms with Crippen molar-refractivity contribution in [1.29, 1.82) is 0 Å². The highest BCUT2D eigenvalue weighted by Crippen LogP contribution is 2.33. The average molecular weight is 348 g/mol. The van der Waals surface area contributed by atoms with Gasteiger partial charge in [0.2, 0.25) is 0 Å². The molecule has 1 aliphatic heterocycles. The lowest BCUT2D eigenvalue weighted by Crippen LogP contribution is -2.45. The molecule has 1 atom stereocenters. The van der Waals surface area contributed by atoms with Crippen LogP contribution in [0.25, 0.3) is 0 Å². The van der Waals surface area contributed by atoms with Crippen LogP contribution in [0.1, 0.15) is 45.2 Å². The molecule has 1 aliphatic rings. The number of ether oxygens (including phenoxy) is 2. The second kappa shape index (κ2) is 8.68. The molecule has 0 aromatic heterocycles. The van der Waals surface area contributed by atoms with E-state index >= 15 is 0 Å². The maximum absolute atomic E-state index is 12.6. The summed E-state index contributed by atoms with van der Waals surface area (Å²) in [5.41, 5.74) is 2.10. The van der Waals surface area contributed by atoms with E-state index < -0.39 is 6.04 Å². The number of benzene rings is 1. The van der Waals surface area contributed by atoms with Crippen molar-refractivity contribution < 1.29 is 14.3 Å². The van der Waals surface area contributed by atoms with E-state index in [0.717, 1.165) is 24.2 Å². The maximum Gasteiger partial charge on any atom is 0.338 e. The number of esters is 1. The third-order valence-corrected chi connectivity index (χ3v) is 3.97. The van der Waals surface area contributed by atoms with Crippen LogP contribution < -0.4 is 15.4 Å². The third kappa shape index (κ3) is 4.26. The molecule has 130 valence electrons. The van der Waals surface area contributed by atoms with Gasteiger partial charge in [-0.15, -0.1) is 0 Å². The molecule has 1 aromatic carbocycles. The predicted octanol–water partition coefficient (Wildman–Crippen LogP) is 3.22. The van der Waals surface area contributed by atoms with Gasteiger partial charge in [0.05, 0.1) is 24.8 Å². The van der Waals surface area contributed by atoms with E-state index in [0.29, 0.717) is 29.6 Å². The number of para-hydroxylation sites is 1. The van der Waals surface area contributed by atoms with Crippen molar-refractivity contribution in [1.82, 2.24) is 10.6 Å². The number of thiocarbonyl (C=S) groups is 1. The quantitative estimate of drug-likeness (QED) is 0.448. The molecule has 5 nitrogen and oxygen atoms in total. The van der Waals surface area contributed by atoms with E-state index in [9.17, 15) is 4.79 Å². The zero-order valence-electron chi connectivity index (χ0n) is 14.3. The first-order valence-electron chi connectivity index (χ1n) is 8.25. The second-order valence-corrected chi connectivity index (χ2v) is 5.94. The number of hydrogen-bond donors (Lipinski definition) is 2. The molecule has 2 rings (SSSR count). The molecule has 0 bridgehead atoms. The first kappa shape index (κ1) is 18.3. The third-order valence-electron chi connectivity index (χ3n) is 3.75. The zero-order valence-corrected chi connectivity index (χ0v) is 15.2. The molecule has 0 radical (unpaired) electrons. The maximum atomic E-state index is 12.6. The van der Waals surface area contributed by atoms with Gasteiger partial charge in [-0.3, -0.25) is 0 Å². The van der Waals surface area contributed by atoms with Crippen LogP contribution in [-0.4, -0.2) is 24.3 Å². The highest BCUT2D eigenvalue weighted by Gasteiger charge is 2.32. The summed E-state index contributed by atoms with van der Waals surface area (Å²) >= 11 is 5.26. The smallest absolute Gasteiger partial charge is 0.338 e. The first-order valence-corrected chi connectivity index (χ1v) is 8.66. The number of carbonyl (C=O) groups excluding carboxylic acids is 1. The van der Waals surface area contributed by atoms with Gasteiger partial charge in [-0.1, -0.05) is 31.5 Å². The highest BCUT2D eigenvalue weighted by molar-refractivity contribution is 7.80. The minimum absolute atomic E-state index is 0.334. The number of hydrogen-bond acceptors (Lipinski definition) is 4. The van der Waals surface area contributed by atoms with Crippen LogP contribution >= 0.6 is 12.2 Å². The van der Waals surface area contributed by atoms with Crippen LogP contribution in [0.5, 0.6) is 5.75 Å². The van der Waals surface area contributed by atoms with Crippen molar-refractivity contribution in [2.75, 3.05) is 13.2 Å². The zero-order chi connectivity index (χ0) is 17.5. The van der Waals surface area contributed by atoms with Crippen molar-refractivity contribution >= 4 is 23.3 Å². The van der Waals surface area contributed by atoms with Crippen LogP contribution in [0, 0.1) is 0 Å². The average Bonchev–Trinajstić information content (AvgIpc) is 2.55. The molecular formula is C18H24N2O3S. The molecule has 1 aromatic rings. The van der Waals surface area contributed by atoms with Gasteiger partial charge in [0, 0.05) is 11.3 Å². The molecule has 0 aliphatic carbocycles. The van der Waals surface area contributed by atoms with Gasteiger partial charge in [-0.25, -0.2) is 4.79 Å². The fourth-order valence-corrected chi connectivity index (χ4v) is 2.86. The SMILES string of the molecule is CCCCOC(=O)C1=C(C)NC(=S)N[C@H]1c1ccccc1OCC. The van der Waals surface area contributed by atoms with E-state index in [2.05, 4.69) is 17.6 Å². The van der Waals surface area contributed by atoms with Gasteiger partial charge in [0.25, 0.3) is 0 Å². The Morgan fingerprint density at radius 3 is 2.75 bits per heavy atom. The fraction of sp³-hybridized carbons (Fsp3) is 0.444. The topological polar surface area (TPSA) is 59.6 Å². The van der Waals surface area contributed by atoms with Crippen molar-refractivity contribution in [3.8, 4) is 5.75 Å². The summed E-state index contributed by atoms with van der Waals surface area (Å²) in [7, 11) is 0. The molecule has 6 heteroatoms. The standard InChI is InChI=1S/C18H24N2O3S/c1-4-6-11-23-17(21)15-12(3)19-18(24)20-16(15)13-9-7-8-10-14(13)22-5-2/h7-10,16H,4-6,11H2,1-3H3,(H2,19,20,24)/t16-/m0/s1. The molecule has 0 saturated carbocycles. The number of carbonyl (C=O) groups is 1. The van der Waals surface area contributed by atoms with E-state index in [-0.39, 0.29) is 5.97 Å². The molecule has 24 heavy (non-hydrogen) atoms. The minimum Gasteiger partial charge on any atom is -0.494 e. The summed E-state index contributed by atoms with van der Waals surface area (Å²) in [6.45, 7) is 6.78. The molecule has 0 saturated heterocycles. The normalized spacial score (nSPS) is 17.1. The Bertz CT molecular complexity index is 643. The Morgan fingerprint density at radius 1 is 1.29 bits per heavy atom. The van der Waals surface area contributed by atoms with Crippen LogP contribution in [0.2, 0.25) is 0 Å². The van der Waals surface area contributed by atoms with Gasteiger partial charge in [0.15, 0.2) is 5.11 Å². The van der Waals surface area contributed by atoms with E-state index in [1.807, 2.05) is 38.1 Å². The number of allylic oxidation sites excluding steroid dienone is 1. The highest BCUT2D eigenvalue weighted by atomic mass is 32.1. The van der Waals surface area contributed by atoms with Gasteiger partial charge in [0.1, 0.15) is 5.75 Å². The fourth-order valence-electron chi connectivity index (χ4n) is 2.59. The van der Waals surface area contributed by atoms with E-state index in [4.69, 9.17) is 21.7 Å². The van der Waals surface area contributed by atoms with Gasteiger partial charge in [-0.2, -0.15) is 0 Å². The molecule has 0 amide bonds. The Balaban J connectivity index is 2.36. The summed E-state index contributed by atoms with van der Waals surface area (Å²) in [6, 6.07) is 7.25. The lowest BCUT2D eigenvalue weighted by Gasteiger charge is -2.30. The summed E-state index contributed by atoms with van der Waals surface area (Å²) in [6.07, 6.45) is 1.82. The summed E-state index contributed by atoms with van der Waals surface area (Å²) in [5, 5.41) is 6.66. The summed E-state index contributed by atoms with van der Waals surface area (Å²) in [5.74, 6) is 0.397. The predicted molar refractivity (Wildman–Crippen MR) is 97.8 cm³/mol. The van der Waals surface area contributed by atoms with Gasteiger partial charge < -0.3 is 20.1 Å². The van der Waals surface area contributed by atoms with Crippen molar-refractivity contribution in [3.05, 3.63) is 41.1 Å². The van der Waals surface area contributed by atoms with Crippen LogP contribution in [0.4, 0.5) is 0 Å². The Kier molecular flexibility index (Phi) is 6.61. The first-order chi connectivity index (χ1) is 11.6. The lowest BCUT2D eigenvalue weighted by molar-refractivity contribution is -0.139. The Labute approximate surface area is 148 Å². The summed E-state index contributed by atoms with van der Waals surface area (Å²) < 4.78 is 11.1. The molecule has 0 unspecified atom stereocenters. The monoisotopic (exact) mass is 348 g/mol. The molecule has 1 heterocycles. The van der Waals surface area contributed by atoms with E-state index in [1.54, 1.807) is 0 Å². The van der Waals surface area contributed by atoms with Crippen molar-refractivity contribution in [2.45, 2.75) is 39.7 Å². The molecule has 0 spiro atoms. The Morgan fingerprint density at radius 2 is 2.04 bits per heavy atom. The molecule has 0 fully saturated rings. The Hall–Kier alpha value is -2.08. The minimum atomic E-state index is -0.393. The van der Waals surface area contributed by atoms with E-state index in [1.165, 1.54) is 0 Å². The summed E-state index contributed by atoms with van der Waals surface area (Å²) in [4.78, 5) is 12.6. The van der Waals surface area contributed by atoms with Crippen LogP contribution in [0.15, 0.2) is 35.5 Å². The molecule has 2 N–H and O–H groups in total. The number of nitrogens with one attached hydrogen (secondary N) is 2. The van der Waals surface area contributed by atoms with Crippen molar-refractivity contribution in [3.63, 3.8) is 0 Å². The largest absolute Gasteiger partial charge is 0.494 e. The van der Waals surface area contributed by atoms with Gasteiger partial charge >= 0.3 is 5.97 Å². The number of rotatable bonds is 7. The van der Waals surface area contributed by atoms with Gasteiger partial charge in [-0.05, 0) is 38.6 Å². The second-order valence-electron chi connectivity index (χ2n) is 5.53. The van der Waals surface area contributed by atoms with Crippen LogP contribution in [0.3, 0.4) is 0 Å². The van der Waals surface area contributed by atoms with Crippen LogP contribution in [-0.2, 0) is 9.53 Å². The number of unbranched alkanes of at least 4 members (excludes halogenated alkanes) is 1. The van der Waals surface area contributed by atoms with Crippen molar-refractivity contribution in [2.24, 2.45) is 0 Å².